The predicted octanol–water partition coefficient (Wildman–Crippen LogP) is 3.00. The van der Waals surface area contributed by atoms with Gasteiger partial charge in [-0.3, -0.25) is 9.59 Å². The van der Waals surface area contributed by atoms with E-state index in [2.05, 4.69) is 5.32 Å². The van der Waals surface area contributed by atoms with E-state index in [0.717, 1.165) is 11.4 Å². The van der Waals surface area contributed by atoms with E-state index in [4.69, 9.17) is 11.6 Å². The van der Waals surface area contributed by atoms with E-state index < -0.39 is 0 Å². The number of benzene rings is 1. The third-order valence-corrected chi connectivity index (χ3v) is 4.01. The summed E-state index contributed by atoms with van der Waals surface area (Å²) in [4.78, 5) is 26.8. The summed E-state index contributed by atoms with van der Waals surface area (Å²) in [5.41, 5.74) is 1.89. The Morgan fingerprint density at radius 2 is 2.04 bits per heavy atom. The lowest BCUT2D eigenvalue weighted by Crippen LogP contribution is -2.47. The minimum Gasteiger partial charge on any atom is -0.350 e. The first-order valence-corrected chi connectivity index (χ1v) is 8.19. The van der Waals surface area contributed by atoms with E-state index in [-0.39, 0.29) is 23.9 Å². The molecule has 2 amide bonds. The Morgan fingerprint density at radius 3 is 2.75 bits per heavy atom. The summed E-state index contributed by atoms with van der Waals surface area (Å²) in [6, 6.07) is 9.13. The fourth-order valence-corrected chi connectivity index (χ4v) is 3.04. The molecule has 2 aromatic rings. The van der Waals surface area contributed by atoms with Gasteiger partial charge in [0.25, 0.3) is 5.91 Å². The molecule has 5 nitrogen and oxygen atoms in total. The molecular weight excluding hydrogens is 326 g/mol. The Bertz CT molecular complexity index is 805. The summed E-state index contributed by atoms with van der Waals surface area (Å²) in [6.07, 6.45) is 1.91. The zero-order valence-corrected chi connectivity index (χ0v) is 14.7. The number of aromatic nitrogens is 1. The van der Waals surface area contributed by atoms with Crippen LogP contribution in [0.1, 0.15) is 36.8 Å². The SMILES string of the molecule is CC(C)(C)NC(=O)CN1Cc2cccn2-c2ccc(Cl)cc2C1=O. The first-order valence-electron chi connectivity index (χ1n) is 7.81. The molecule has 1 aromatic heterocycles. The van der Waals surface area contributed by atoms with E-state index >= 15 is 0 Å². The third kappa shape index (κ3) is 3.31. The van der Waals surface area contributed by atoms with Crippen molar-refractivity contribution in [3.05, 3.63) is 52.8 Å². The number of nitrogens with zero attached hydrogens (tertiary/aromatic N) is 2. The number of hydrogen-bond acceptors (Lipinski definition) is 2. The van der Waals surface area contributed by atoms with Crippen molar-refractivity contribution in [2.45, 2.75) is 32.9 Å². The highest BCUT2D eigenvalue weighted by Crippen LogP contribution is 2.27. The van der Waals surface area contributed by atoms with E-state index in [0.29, 0.717) is 17.1 Å². The Labute approximate surface area is 146 Å². The molecule has 126 valence electrons. The minimum absolute atomic E-state index is 0.00718. The van der Waals surface area contributed by atoms with Crippen molar-refractivity contribution in [2.24, 2.45) is 0 Å². The molecule has 0 saturated carbocycles. The van der Waals surface area contributed by atoms with Gasteiger partial charge in [0.1, 0.15) is 6.54 Å². The average molecular weight is 346 g/mol. The van der Waals surface area contributed by atoms with E-state index in [1.807, 2.05) is 49.7 Å². The van der Waals surface area contributed by atoms with Gasteiger partial charge in [-0.05, 0) is 51.1 Å². The number of amides is 2. The minimum atomic E-state index is -0.340. The first kappa shape index (κ1) is 16.6. The third-order valence-electron chi connectivity index (χ3n) is 3.77. The number of rotatable bonds is 2. The molecular formula is C18H20ClN3O2. The van der Waals surface area contributed by atoms with Crippen molar-refractivity contribution < 1.29 is 9.59 Å². The molecule has 24 heavy (non-hydrogen) atoms. The van der Waals surface area contributed by atoms with Crippen LogP contribution >= 0.6 is 11.6 Å². The highest BCUT2D eigenvalue weighted by molar-refractivity contribution is 6.31. The number of carbonyl (C=O) groups is 2. The zero-order valence-electron chi connectivity index (χ0n) is 14.0. The molecule has 0 fully saturated rings. The van der Waals surface area contributed by atoms with Crippen molar-refractivity contribution in [3.63, 3.8) is 0 Å². The number of nitrogens with one attached hydrogen (secondary N) is 1. The molecule has 0 aliphatic carbocycles. The van der Waals surface area contributed by atoms with Crippen molar-refractivity contribution in [3.8, 4) is 5.69 Å². The molecule has 0 bridgehead atoms. The van der Waals surface area contributed by atoms with Crippen LogP contribution in [0, 0.1) is 0 Å². The molecule has 0 unspecified atom stereocenters. The average Bonchev–Trinajstić information content (AvgIpc) is 2.88. The molecule has 0 radical (unpaired) electrons. The number of carbonyl (C=O) groups excluding carboxylic acids is 2. The summed E-state index contributed by atoms with van der Waals surface area (Å²) >= 11 is 6.08. The summed E-state index contributed by atoms with van der Waals surface area (Å²) < 4.78 is 1.96. The van der Waals surface area contributed by atoms with Gasteiger partial charge < -0.3 is 14.8 Å². The van der Waals surface area contributed by atoms with Crippen LogP contribution in [0.2, 0.25) is 5.02 Å². The van der Waals surface area contributed by atoms with E-state index in [1.165, 1.54) is 0 Å². The predicted molar refractivity (Wildman–Crippen MR) is 93.4 cm³/mol. The zero-order chi connectivity index (χ0) is 17.5. The largest absolute Gasteiger partial charge is 0.350 e. The molecule has 0 atom stereocenters. The smallest absolute Gasteiger partial charge is 0.256 e. The number of hydrogen-bond donors (Lipinski definition) is 1. The van der Waals surface area contributed by atoms with Crippen LogP contribution in [0.4, 0.5) is 0 Å². The Kier molecular flexibility index (Phi) is 4.13. The lowest BCUT2D eigenvalue weighted by Gasteiger charge is -2.25. The summed E-state index contributed by atoms with van der Waals surface area (Å²) in [5.74, 6) is -0.375. The van der Waals surface area contributed by atoms with Gasteiger partial charge in [0.05, 0.1) is 17.8 Å². The maximum atomic E-state index is 12.9. The second-order valence-corrected chi connectivity index (χ2v) is 7.43. The fourth-order valence-electron chi connectivity index (χ4n) is 2.87. The highest BCUT2D eigenvalue weighted by atomic mass is 35.5. The van der Waals surface area contributed by atoms with Crippen LogP contribution in [0.5, 0.6) is 0 Å². The van der Waals surface area contributed by atoms with Gasteiger partial charge in [0.15, 0.2) is 0 Å². The molecule has 2 heterocycles. The van der Waals surface area contributed by atoms with Crippen LogP contribution in [0.3, 0.4) is 0 Å². The lowest BCUT2D eigenvalue weighted by molar-refractivity contribution is -0.123. The molecule has 1 aliphatic heterocycles. The topological polar surface area (TPSA) is 54.3 Å². The Morgan fingerprint density at radius 1 is 1.29 bits per heavy atom. The van der Waals surface area contributed by atoms with Gasteiger partial charge in [-0.15, -0.1) is 0 Å². The molecule has 1 aliphatic rings. The Balaban J connectivity index is 1.96. The fraction of sp³-hybridized carbons (Fsp3) is 0.333. The van der Waals surface area contributed by atoms with E-state index in [1.54, 1.807) is 17.0 Å². The van der Waals surface area contributed by atoms with Crippen molar-refractivity contribution in [2.75, 3.05) is 6.54 Å². The molecule has 6 heteroatoms. The van der Waals surface area contributed by atoms with Gasteiger partial charge in [-0.25, -0.2) is 0 Å². The van der Waals surface area contributed by atoms with Crippen LogP contribution < -0.4 is 5.32 Å². The molecule has 0 saturated heterocycles. The van der Waals surface area contributed by atoms with Gasteiger partial charge in [-0.1, -0.05) is 11.6 Å². The van der Waals surface area contributed by atoms with Crippen molar-refractivity contribution >= 4 is 23.4 Å². The van der Waals surface area contributed by atoms with Crippen molar-refractivity contribution in [1.29, 1.82) is 0 Å². The molecule has 1 aromatic carbocycles. The summed E-state index contributed by atoms with van der Waals surface area (Å²) in [6.45, 7) is 6.11. The van der Waals surface area contributed by atoms with Gasteiger partial charge in [0, 0.05) is 22.5 Å². The second-order valence-electron chi connectivity index (χ2n) is 6.99. The van der Waals surface area contributed by atoms with Crippen LogP contribution in [-0.2, 0) is 11.3 Å². The van der Waals surface area contributed by atoms with Gasteiger partial charge >= 0.3 is 0 Å². The quantitative estimate of drug-likeness (QED) is 0.909. The van der Waals surface area contributed by atoms with Gasteiger partial charge in [0.2, 0.25) is 5.91 Å². The van der Waals surface area contributed by atoms with Crippen molar-refractivity contribution in [1.82, 2.24) is 14.8 Å². The standard InChI is InChI=1S/C18H20ClN3O2/c1-18(2,3)20-16(23)11-21-10-13-5-4-8-22(13)15-7-6-12(19)9-14(15)17(21)24/h4-9H,10-11H2,1-3H3,(H,20,23). The number of fused-ring (bicyclic) bond motifs is 3. The van der Waals surface area contributed by atoms with Crippen LogP contribution in [-0.4, -0.2) is 33.4 Å². The van der Waals surface area contributed by atoms with Crippen LogP contribution in [0.25, 0.3) is 5.69 Å². The summed E-state index contributed by atoms with van der Waals surface area (Å²) in [5, 5.41) is 3.39. The summed E-state index contributed by atoms with van der Waals surface area (Å²) in [7, 11) is 0. The molecule has 3 rings (SSSR count). The Hall–Kier alpha value is -2.27. The second kappa shape index (κ2) is 5.98. The maximum absolute atomic E-state index is 12.9. The lowest BCUT2D eigenvalue weighted by atomic mass is 10.1. The first-order chi connectivity index (χ1) is 11.2. The van der Waals surface area contributed by atoms with E-state index in [9.17, 15) is 9.59 Å². The molecule has 1 N–H and O–H groups in total. The monoisotopic (exact) mass is 345 g/mol. The molecule has 0 spiro atoms. The maximum Gasteiger partial charge on any atom is 0.256 e. The highest BCUT2D eigenvalue weighted by Gasteiger charge is 2.28. The number of halogens is 1. The van der Waals surface area contributed by atoms with Crippen LogP contribution in [0.15, 0.2) is 36.5 Å². The van der Waals surface area contributed by atoms with Gasteiger partial charge in [-0.2, -0.15) is 0 Å². The normalized spacial score (nSPS) is 14.0.